The van der Waals surface area contributed by atoms with Crippen molar-refractivity contribution in [3.05, 3.63) is 71.8 Å². The van der Waals surface area contributed by atoms with Gasteiger partial charge >= 0.3 is 0 Å². The SMILES string of the molecule is CC(=S)NCCCC[C@H](NC(=O)CCc1ccccc1)C(=O)NCC(=O)c1ccccc1. The number of Topliss-reactive ketones (excluding diaryl/α,β-unsaturated/α-hetero) is 1. The Morgan fingerprint density at radius 2 is 1.56 bits per heavy atom. The van der Waals surface area contributed by atoms with Gasteiger partial charge in [-0.3, -0.25) is 14.4 Å². The van der Waals surface area contributed by atoms with Gasteiger partial charge in [-0.1, -0.05) is 72.9 Å². The van der Waals surface area contributed by atoms with E-state index in [0.29, 0.717) is 24.8 Å². The van der Waals surface area contributed by atoms with Gasteiger partial charge in [-0.2, -0.15) is 0 Å². The molecule has 170 valence electrons. The van der Waals surface area contributed by atoms with E-state index in [0.717, 1.165) is 29.9 Å². The first-order valence-electron chi connectivity index (χ1n) is 10.9. The summed E-state index contributed by atoms with van der Waals surface area (Å²) in [6.45, 7) is 2.44. The molecule has 2 aromatic rings. The van der Waals surface area contributed by atoms with E-state index in [-0.39, 0.29) is 24.1 Å². The fourth-order valence-corrected chi connectivity index (χ4v) is 3.29. The van der Waals surface area contributed by atoms with E-state index in [1.165, 1.54) is 0 Å². The smallest absolute Gasteiger partial charge is 0.242 e. The summed E-state index contributed by atoms with van der Waals surface area (Å²) in [5.41, 5.74) is 1.61. The highest BCUT2D eigenvalue weighted by Gasteiger charge is 2.21. The topological polar surface area (TPSA) is 87.3 Å². The zero-order valence-corrected chi connectivity index (χ0v) is 19.3. The summed E-state index contributed by atoms with van der Waals surface area (Å²) in [7, 11) is 0. The van der Waals surface area contributed by atoms with Gasteiger partial charge in [-0.25, -0.2) is 0 Å². The van der Waals surface area contributed by atoms with Crippen molar-refractivity contribution in [3.63, 3.8) is 0 Å². The highest BCUT2D eigenvalue weighted by Crippen LogP contribution is 2.06. The molecule has 0 fully saturated rings. The third-order valence-electron chi connectivity index (χ3n) is 4.95. The van der Waals surface area contributed by atoms with E-state index in [1.807, 2.05) is 43.3 Å². The van der Waals surface area contributed by atoms with Crippen LogP contribution in [0.25, 0.3) is 0 Å². The van der Waals surface area contributed by atoms with Gasteiger partial charge < -0.3 is 16.0 Å². The van der Waals surface area contributed by atoms with Gasteiger partial charge in [0.05, 0.1) is 11.5 Å². The molecular formula is C25H31N3O3S. The molecule has 32 heavy (non-hydrogen) atoms. The molecule has 0 heterocycles. The number of amides is 2. The summed E-state index contributed by atoms with van der Waals surface area (Å²) in [6.07, 6.45) is 2.94. The molecule has 0 aliphatic rings. The first-order valence-corrected chi connectivity index (χ1v) is 11.3. The number of rotatable bonds is 13. The molecule has 7 heteroatoms. The Morgan fingerprint density at radius 3 is 2.22 bits per heavy atom. The molecule has 0 aromatic heterocycles. The average Bonchev–Trinajstić information content (AvgIpc) is 2.81. The van der Waals surface area contributed by atoms with Gasteiger partial charge in [-0.15, -0.1) is 0 Å². The molecule has 0 spiro atoms. The zero-order valence-electron chi connectivity index (χ0n) is 18.4. The Labute approximate surface area is 195 Å². The molecule has 0 saturated carbocycles. The van der Waals surface area contributed by atoms with Crippen molar-refractivity contribution < 1.29 is 14.4 Å². The maximum atomic E-state index is 12.7. The molecule has 0 bridgehead atoms. The third kappa shape index (κ3) is 9.83. The number of carbonyl (C=O) groups is 3. The second-order valence-electron chi connectivity index (χ2n) is 7.59. The second-order valence-corrected chi connectivity index (χ2v) is 8.20. The number of aryl methyl sites for hydroxylation is 1. The lowest BCUT2D eigenvalue weighted by Gasteiger charge is -2.18. The minimum absolute atomic E-state index is 0.106. The minimum atomic E-state index is -0.685. The van der Waals surface area contributed by atoms with Crippen molar-refractivity contribution in [2.24, 2.45) is 0 Å². The first-order chi connectivity index (χ1) is 15.5. The van der Waals surface area contributed by atoms with E-state index in [9.17, 15) is 14.4 Å². The summed E-state index contributed by atoms with van der Waals surface area (Å²) in [5, 5.41) is 8.61. The standard InChI is InChI=1S/C25H31N3O3S/c1-19(32)26-17-9-8-14-22(28-24(30)16-15-20-10-4-2-5-11-20)25(31)27-18-23(29)21-12-6-3-7-13-21/h2-7,10-13,22H,8-9,14-18H2,1H3,(H,26,32)(H,27,31)(H,28,30)/t22-/m0/s1. The number of nitrogens with one attached hydrogen (secondary N) is 3. The van der Waals surface area contributed by atoms with Crippen molar-refractivity contribution in [3.8, 4) is 0 Å². The fourth-order valence-electron chi connectivity index (χ4n) is 3.19. The minimum Gasteiger partial charge on any atom is -0.380 e. The molecular weight excluding hydrogens is 422 g/mol. The Bertz CT molecular complexity index is 888. The summed E-state index contributed by atoms with van der Waals surface area (Å²) < 4.78 is 0. The van der Waals surface area contributed by atoms with Crippen LogP contribution in [-0.4, -0.2) is 41.7 Å². The van der Waals surface area contributed by atoms with Crippen molar-refractivity contribution in [1.29, 1.82) is 0 Å². The van der Waals surface area contributed by atoms with Crippen LogP contribution < -0.4 is 16.0 Å². The second kappa shape index (κ2) is 14.1. The van der Waals surface area contributed by atoms with Crippen molar-refractivity contribution in [1.82, 2.24) is 16.0 Å². The van der Waals surface area contributed by atoms with E-state index in [4.69, 9.17) is 12.2 Å². The maximum absolute atomic E-state index is 12.7. The number of ketones is 1. The number of carbonyl (C=O) groups excluding carboxylic acids is 3. The molecule has 0 aliphatic heterocycles. The number of benzene rings is 2. The Kier molecular flexibility index (Phi) is 11.1. The number of hydrogen-bond donors (Lipinski definition) is 3. The lowest BCUT2D eigenvalue weighted by atomic mass is 10.1. The Morgan fingerprint density at radius 1 is 0.906 bits per heavy atom. The van der Waals surface area contributed by atoms with Crippen molar-refractivity contribution in [2.75, 3.05) is 13.1 Å². The van der Waals surface area contributed by atoms with Gasteiger partial charge in [0.25, 0.3) is 0 Å². The van der Waals surface area contributed by atoms with Crippen LogP contribution in [0.2, 0.25) is 0 Å². The van der Waals surface area contributed by atoms with Gasteiger partial charge in [-0.05, 0) is 38.2 Å². The van der Waals surface area contributed by atoms with E-state index >= 15 is 0 Å². The lowest BCUT2D eigenvalue weighted by Crippen LogP contribution is -2.48. The molecule has 2 aromatic carbocycles. The van der Waals surface area contributed by atoms with Gasteiger partial charge in [0.2, 0.25) is 11.8 Å². The molecule has 0 saturated heterocycles. The summed E-state index contributed by atoms with van der Waals surface area (Å²) in [6, 6.07) is 17.9. The van der Waals surface area contributed by atoms with Crippen LogP contribution >= 0.6 is 12.2 Å². The highest BCUT2D eigenvalue weighted by molar-refractivity contribution is 7.80. The third-order valence-corrected chi connectivity index (χ3v) is 5.09. The van der Waals surface area contributed by atoms with Crippen LogP contribution in [0.1, 0.15) is 48.5 Å². The molecule has 0 aliphatic carbocycles. The molecule has 2 rings (SSSR count). The monoisotopic (exact) mass is 453 g/mol. The fraction of sp³-hybridized carbons (Fsp3) is 0.360. The zero-order chi connectivity index (χ0) is 23.2. The first kappa shape index (κ1) is 25.2. The number of thiocarbonyl (C=S) groups is 1. The van der Waals surface area contributed by atoms with Crippen LogP contribution in [0.4, 0.5) is 0 Å². The van der Waals surface area contributed by atoms with Gasteiger partial charge in [0.1, 0.15) is 6.04 Å². The van der Waals surface area contributed by atoms with Gasteiger partial charge in [0, 0.05) is 18.5 Å². The quantitative estimate of drug-likeness (QED) is 0.246. The number of hydrogen-bond acceptors (Lipinski definition) is 4. The van der Waals surface area contributed by atoms with Gasteiger partial charge in [0.15, 0.2) is 5.78 Å². The molecule has 2 amide bonds. The highest BCUT2D eigenvalue weighted by atomic mass is 32.1. The summed E-state index contributed by atoms with van der Waals surface area (Å²) in [4.78, 5) is 38.3. The van der Waals surface area contributed by atoms with E-state index in [1.54, 1.807) is 24.3 Å². The number of unbranched alkanes of at least 4 members (excludes halogenated alkanes) is 1. The van der Waals surface area contributed by atoms with Crippen LogP contribution in [0.5, 0.6) is 0 Å². The molecule has 6 nitrogen and oxygen atoms in total. The Balaban J connectivity index is 1.87. The van der Waals surface area contributed by atoms with E-state index in [2.05, 4.69) is 16.0 Å². The van der Waals surface area contributed by atoms with Crippen LogP contribution in [0, 0.1) is 0 Å². The summed E-state index contributed by atoms with van der Waals surface area (Å²) in [5.74, 6) is -0.702. The molecule has 0 radical (unpaired) electrons. The van der Waals surface area contributed by atoms with Crippen LogP contribution in [0.3, 0.4) is 0 Å². The molecule has 3 N–H and O–H groups in total. The predicted molar refractivity (Wildman–Crippen MR) is 131 cm³/mol. The van der Waals surface area contributed by atoms with Crippen LogP contribution in [-0.2, 0) is 16.0 Å². The predicted octanol–water partition coefficient (Wildman–Crippen LogP) is 3.21. The lowest BCUT2D eigenvalue weighted by molar-refractivity contribution is -0.129. The van der Waals surface area contributed by atoms with Crippen LogP contribution in [0.15, 0.2) is 60.7 Å². The largest absolute Gasteiger partial charge is 0.380 e. The summed E-state index contributed by atoms with van der Waals surface area (Å²) >= 11 is 5.00. The van der Waals surface area contributed by atoms with E-state index < -0.39 is 6.04 Å². The molecule has 1 atom stereocenters. The normalized spacial score (nSPS) is 11.3. The van der Waals surface area contributed by atoms with Crippen molar-refractivity contribution >= 4 is 34.8 Å². The molecule has 0 unspecified atom stereocenters. The average molecular weight is 454 g/mol. The Hall–Kier alpha value is -3.06. The van der Waals surface area contributed by atoms with Crippen molar-refractivity contribution in [2.45, 2.75) is 45.1 Å². The maximum Gasteiger partial charge on any atom is 0.242 e.